The highest BCUT2D eigenvalue weighted by Gasteiger charge is 2.59. The Balaban J connectivity index is 1.57. The number of amides is 1. The van der Waals surface area contributed by atoms with E-state index in [-0.39, 0.29) is 11.9 Å². The Bertz CT molecular complexity index is 890. The zero-order chi connectivity index (χ0) is 18.4. The van der Waals surface area contributed by atoms with Gasteiger partial charge in [0.15, 0.2) is 0 Å². The lowest BCUT2D eigenvalue weighted by atomic mass is 9.74. The van der Waals surface area contributed by atoms with Crippen molar-refractivity contribution >= 4 is 11.6 Å². The van der Waals surface area contributed by atoms with Gasteiger partial charge in [-0.2, -0.15) is 0 Å². The van der Waals surface area contributed by atoms with Crippen LogP contribution in [0, 0.1) is 5.92 Å². The number of rotatable bonds is 3. The number of carbonyl (C=O) groups is 1. The molecular formula is C24H26N2O. The average molecular weight is 358 g/mol. The van der Waals surface area contributed by atoms with Gasteiger partial charge >= 0.3 is 0 Å². The fraction of sp³-hybridized carbons (Fsp3) is 0.375. The molecule has 27 heavy (non-hydrogen) atoms. The molecule has 1 amide bonds. The molecule has 3 atom stereocenters. The molecule has 138 valence electrons. The topological polar surface area (TPSA) is 23.6 Å². The molecule has 0 aromatic heterocycles. The lowest BCUT2D eigenvalue weighted by Gasteiger charge is -2.37. The molecule has 3 nitrogen and oxygen atoms in total. The number of hydrogen-bond donors (Lipinski definition) is 0. The number of para-hydroxylation sites is 1. The quantitative estimate of drug-likeness (QED) is 0.770. The van der Waals surface area contributed by atoms with Gasteiger partial charge in [0, 0.05) is 24.8 Å². The van der Waals surface area contributed by atoms with Crippen molar-refractivity contribution in [2.24, 2.45) is 5.92 Å². The highest BCUT2D eigenvalue weighted by atomic mass is 16.2. The summed E-state index contributed by atoms with van der Waals surface area (Å²) in [5.41, 5.74) is 3.08. The van der Waals surface area contributed by atoms with Crippen molar-refractivity contribution in [3.63, 3.8) is 0 Å². The van der Waals surface area contributed by atoms with Gasteiger partial charge in [0.25, 0.3) is 0 Å². The fourth-order valence-electron chi connectivity index (χ4n) is 5.30. The standard InChI is InChI=1S/C24H26N2O/c1-2-18-12-13-22-24(14-15-25(22)16-18)20-10-6-7-11-21(20)26(23(24)27)17-19-8-4-3-5-9-19/h3-13,18,22H,2,14-17H2,1H3/t18-,22?,24-/m1/s1. The molecule has 3 aliphatic rings. The summed E-state index contributed by atoms with van der Waals surface area (Å²) >= 11 is 0. The number of anilines is 1. The van der Waals surface area contributed by atoms with Crippen LogP contribution < -0.4 is 4.90 Å². The minimum atomic E-state index is -0.416. The van der Waals surface area contributed by atoms with E-state index in [2.05, 4.69) is 60.4 Å². The molecule has 5 rings (SSSR count). The van der Waals surface area contributed by atoms with Crippen LogP contribution in [0.5, 0.6) is 0 Å². The Labute approximate surface area is 161 Å². The van der Waals surface area contributed by atoms with Crippen LogP contribution in [0.3, 0.4) is 0 Å². The third-order valence-electron chi connectivity index (χ3n) is 6.74. The second-order valence-corrected chi connectivity index (χ2v) is 8.11. The van der Waals surface area contributed by atoms with Crippen LogP contribution in [-0.4, -0.2) is 29.9 Å². The van der Waals surface area contributed by atoms with E-state index in [1.54, 1.807) is 0 Å². The molecule has 1 spiro atoms. The van der Waals surface area contributed by atoms with Gasteiger partial charge in [-0.1, -0.05) is 67.6 Å². The second kappa shape index (κ2) is 6.35. The van der Waals surface area contributed by atoms with Crippen molar-refractivity contribution in [1.82, 2.24) is 4.90 Å². The number of nitrogens with zero attached hydrogens (tertiary/aromatic N) is 2. The van der Waals surface area contributed by atoms with Crippen molar-refractivity contribution in [3.05, 3.63) is 77.9 Å². The lowest BCUT2D eigenvalue weighted by molar-refractivity contribution is -0.123. The Morgan fingerprint density at radius 2 is 1.81 bits per heavy atom. The summed E-state index contributed by atoms with van der Waals surface area (Å²) in [6, 6.07) is 19.0. The number of benzene rings is 2. The number of carbonyl (C=O) groups excluding carboxylic acids is 1. The first-order valence-electron chi connectivity index (χ1n) is 10.1. The smallest absolute Gasteiger partial charge is 0.240 e. The second-order valence-electron chi connectivity index (χ2n) is 8.11. The molecule has 0 radical (unpaired) electrons. The van der Waals surface area contributed by atoms with Gasteiger partial charge in [-0.15, -0.1) is 0 Å². The van der Waals surface area contributed by atoms with E-state index >= 15 is 0 Å². The van der Waals surface area contributed by atoms with Gasteiger partial charge in [0.2, 0.25) is 5.91 Å². The molecule has 3 heteroatoms. The predicted molar refractivity (Wildman–Crippen MR) is 109 cm³/mol. The molecule has 3 aliphatic heterocycles. The van der Waals surface area contributed by atoms with E-state index in [1.165, 1.54) is 11.1 Å². The zero-order valence-electron chi connectivity index (χ0n) is 15.8. The zero-order valence-corrected chi connectivity index (χ0v) is 15.8. The minimum absolute atomic E-state index is 0.190. The maximum atomic E-state index is 13.9. The molecule has 0 saturated carbocycles. The van der Waals surface area contributed by atoms with Gasteiger partial charge in [0.05, 0.1) is 12.0 Å². The van der Waals surface area contributed by atoms with Crippen LogP contribution in [0.15, 0.2) is 66.7 Å². The molecule has 2 aromatic carbocycles. The highest BCUT2D eigenvalue weighted by Crippen LogP contribution is 2.52. The predicted octanol–water partition coefficient (Wildman–Crippen LogP) is 4.14. The average Bonchev–Trinajstić information content (AvgIpc) is 3.21. The normalized spacial score (nSPS) is 29.4. The summed E-state index contributed by atoms with van der Waals surface area (Å²) in [4.78, 5) is 18.4. The first-order valence-corrected chi connectivity index (χ1v) is 10.1. The summed E-state index contributed by atoms with van der Waals surface area (Å²) in [6.07, 6.45) is 6.76. The Morgan fingerprint density at radius 1 is 1.04 bits per heavy atom. The van der Waals surface area contributed by atoms with E-state index in [9.17, 15) is 4.79 Å². The van der Waals surface area contributed by atoms with Gasteiger partial charge in [-0.25, -0.2) is 0 Å². The molecule has 0 aliphatic carbocycles. The monoisotopic (exact) mass is 358 g/mol. The van der Waals surface area contributed by atoms with Crippen LogP contribution in [0.4, 0.5) is 5.69 Å². The summed E-state index contributed by atoms with van der Waals surface area (Å²) < 4.78 is 0. The first-order chi connectivity index (χ1) is 13.2. The highest BCUT2D eigenvalue weighted by molar-refractivity contribution is 6.09. The van der Waals surface area contributed by atoms with Gasteiger partial charge < -0.3 is 4.90 Å². The van der Waals surface area contributed by atoms with Gasteiger partial charge in [0.1, 0.15) is 0 Å². The third-order valence-corrected chi connectivity index (χ3v) is 6.74. The third kappa shape index (κ3) is 2.41. The largest absolute Gasteiger partial charge is 0.307 e. The van der Waals surface area contributed by atoms with Crippen LogP contribution in [-0.2, 0) is 16.8 Å². The maximum Gasteiger partial charge on any atom is 0.240 e. The van der Waals surface area contributed by atoms with Gasteiger partial charge in [-0.3, -0.25) is 9.69 Å². The molecule has 2 aromatic rings. The van der Waals surface area contributed by atoms with Gasteiger partial charge in [-0.05, 0) is 36.0 Å². The molecule has 1 saturated heterocycles. The van der Waals surface area contributed by atoms with E-state index in [0.29, 0.717) is 12.5 Å². The molecule has 3 heterocycles. The van der Waals surface area contributed by atoms with E-state index < -0.39 is 5.41 Å². The van der Waals surface area contributed by atoms with Crippen LogP contribution in [0.1, 0.15) is 30.9 Å². The van der Waals surface area contributed by atoms with Crippen molar-refractivity contribution in [1.29, 1.82) is 0 Å². The summed E-state index contributed by atoms with van der Waals surface area (Å²) in [5, 5.41) is 0. The summed E-state index contributed by atoms with van der Waals surface area (Å²) in [7, 11) is 0. The van der Waals surface area contributed by atoms with Crippen molar-refractivity contribution < 1.29 is 4.79 Å². The van der Waals surface area contributed by atoms with Crippen LogP contribution >= 0.6 is 0 Å². The molecular weight excluding hydrogens is 332 g/mol. The lowest BCUT2D eigenvalue weighted by Crippen LogP contribution is -2.50. The Morgan fingerprint density at radius 3 is 2.63 bits per heavy atom. The number of hydrogen-bond acceptors (Lipinski definition) is 2. The fourth-order valence-corrected chi connectivity index (χ4v) is 5.30. The first kappa shape index (κ1) is 16.8. The van der Waals surface area contributed by atoms with Crippen molar-refractivity contribution in [2.45, 2.75) is 37.8 Å². The van der Waals surface area contributed by atoms with Crippen LogP contribution in [0.2, 0.25) is 0 Å². The van der Waals surface area contributed by atoms with Crippen molar-refractivity contribution in [3.8, 4) is 0 Å². The molecule has 1 unspecified atom stereocenters. The molecule has 1 fully saturated rings. The molecule has 0 bridgehead atoms. The Kier molecular flexibility index (Phi) is 3.94. The Hall–Kier alpha value is -2.39. The van der Waals surface area contributed by atoms with E-state index in [1.807, 2.05) is 23.1 Å². The van der Waals surface area contributed by atoms with Crippen molar-refractivity contribution in [2.75, 3.05) is 18.0 Å². The minimum Gasteiger partial charge on any atom is -0.307 e. The summed E-state index contributed by atoms with van der Waals surface area (Å²) in [6.45, 7) is 4.98. The maximum absolute atomic E-state index is 13.9. The molecule has 0 N–H and O–H groups in total. The number of fused-ring (bicyclic) bond motifs is 4. The SMILES string of the molecule is CC[C@@H]1C=CC2N(CC[C@]23C(=O)N(Cc2ccccc2)c2ccccc23)C1. The van der Waals surface area contributed by atoms with E-state index in [0.717, 1.165) is 31.6 Å². The van der Waals surface area contributed by atoms with E-state index in [4.69, 9.17) is 0 Å². The van der Waals surface area contributed by atoms with Crippen LogP contribution in [0.25, 0.3) is 0 Å². The summed E-state index contributed by atoms with van der Waals surface area (Å²) in [5.74, 6) is 0.892.